The van der Waals surface area contributed by atoms with E-state index in [-0.39, 0.29) is 23.0 Å². The molecule has 0 fully saturated rings. The normalized spacial score (nSPS) is 10.9. The van der Waals surface area contributed by atoms with Crippen molar-refractivity contribution in [2.45, 2.75) is 31.3 Å². The number of ether oxygens (including phenoxy) is 1. The molecule has 0 bridgehead atoms. The smallest absolute Gasteiger partial charge is 0.225 e. The standard InChI is InChI=1S/C25H24N2O4S/c1-19-5-11-24(12-6-19)32(29,30)16-14-25(28)27-22-4-2-3-21(17-22)18-31-23-9-7-20(8-10-23)13-15-26/h2-12,17H,13-14,16,18H2,1H3,(H,27,28). The Bertz CT molecular complexity index is 1210. The van der Waals surface area contributed by atoms with Crippen LogP contribution in [0.3, 0.4) is 0 Å². The van der Waals surface area contributed by atoms with Crippen LogP contribution in [0.5, 0.6) is 5.75 Å². The summed E-state index contributed by atoms with van der Waals surface area (Å²) in [6.07, 6.45) is 0.223. The molecule has 0 aliphatic rings. The maximum absolute atomic E-state index is 12.4. The molecule has 0 aliphatic carbocycles. The molecule has 0 unspecified atom stereocenters. The maximum atomic E-state index is 12.4. The Morgan fingerprint density at radius 1 is 1.00 bits per heavy atom. The molecule has 6 nitrogen and oxygen atoms in total. The van der Waals surface area contributed by atoms with Crippen molar-refractivity contribution in [3.05, 3.63) is 89.5 Å². The van der Waals surface area contributed by atoms with Crippen molar-refractivity contribution in [2.75, 3.05) is 11.1 Å². The Kier molecular flexibility index (Phi) is 7.63. The van der Waals surface area contributed by atoms with Gasteiger partial charge in [0.25, 0.3) is 0 Å². The number of nitrogens with one attached hydrogen (secondary N) is 1. The van der Waals surface area contributed by atoms with Crippen LogP contribution in [0.25, 0.3) is 0 Å². The molecular formula is C25H24N2O4S. The topological polar surface area (TPSA) is 96.3 Å². The number of amides is 1. The Labute approximate surface area is 188 Å². The first-order chi connectivity index (χ1) is 15.4. The fraction of sp³-hybridized carbons (Fsp3) is 0.200. The lowest BCUT2D eigenvalue weighted by Gasteiger charge is -2.10. The number of anilines is 1. The lowest BCUT2D eigenvalue weighted by molar-refractivity contribution is -0.115. The van der Waals surface area contributed by atoms with Gasteiger partial charge in [-0.05, 0) is 54.4 Å². The van der Waals surface area contributed by atoms with Gasteiger partial charge >= 0.3 is 0 Å². The number of sulfone groups is 1. The number of nitriles is 1. The Morgan fingerprint density at radius 2 is 1.72 bits per heavy atom. The number of carbonyl (C=O) groups excluding carboxylic acids is 1. The highest BCUT2D eigenvalue weighted by atomic mass is 32.2. The van der Waals surface area contributed by atoms with Crippen molar-refractivity contribution in [3.8, 4) is 11.8 Å². The van der Waals surface area contributed by atoms with Crippen LogP contribution in [0.2, 0.25) is 0 Å². The van der Waals surface area contributed by atoms with E-state index in [0.29, 0.717) is 24.5 Å². The third kappa shape index (κ3) is 6.69. The molecule has 0 heterocycles. The summed E-state index contributed by atoms with van der Waals surface area (Å²) in [6, 6.07) is 23.2. The molecule has 1 amide bonds. The summed E-state index contributed by atoms with van der Waals surface area (Å²) in [5.41, 5.74) is 3.33. The molecule has 0 aliphatic heterocycles. The lowest BCUT2D eigenvalue weighted by Crippen LogP contribution is -2.17. The van der Waals surface area contributed by atoms with Gasteiger partial charge in [-0.25, -0.2) is 8.42 Å². The van der Waals surface area contributed by atoms with Crippen molar-refractivity contribution in [1.82, 2.24) is 0 Å². The molecule has 7 heteroatoms. The summed E-state index contributed by atoms with van der Waals surface area (Å²) in [5.74, 6) is 0.0567. The van der Waals surface area contributed by atoms with Crippen LogP contribution in [-0.4, -0.2) is 20.1 Å². The van der Waals surface area contributed by atoms with Gasteiger partial charge in [-0.1, -0.05) is 42.0 Å². The number of aryl methyl sites for hydroxylation is 1. The van der Waals surface area contributed by atoms with E-state index in [4.69, 9.17) is 10.00 Å². The first-order valence-corrected chi connectivity index (χ1v) is 11.8. The Hall–Kier alpha value is -3.63. The molecule has 1 N–H and O–H groups in total. The van der Waals surface area contributed by atoms with Crippen LogP contribution in [0.1, 0.15) is 23.1 Å². The molecule has 164 valence electrons. The van der Waals surface area contributed by atoms with Crippen LogP contribution in [0, 0.1) is 18.3 Å². The number of hydrogen-bond acceptors (Lipinski definition) is 5. The number of hydrogen-bond donors (Lipinski definition) is 1. The minimum Gasteiger partial charge on any atom is -0.489 e. The van der Waals surface area contributed by atoms with E-state index in [1.54, 1.807) is 42.5 Å². The lowest BCUT2D eigenvalue weighted by atomic mass is 10.1. The first kappa shape index (κ1) is 23.0. The van der Waals surface area contributed by atoms with Crippen molar-refractivity contribution in [1.29, 1.82) is 5.26 Å². The van der Waals surface area contributed by atoms with Gasteiger partial charge in [0.15, 0.2) is 9.84 Å². The van der Waals surface area contributed by atoms with Gasteiger partial charge in [-0.15, -0.1) is 0 Å². The van der Waals surface area contributed by atoms with E-state index in [0.717, 1.165) is 16.7 Å². The van der Waals surface area contributed by atoms with Gasteiger partial charge in [0.1, 0.15) is 12.4 Å². The highest BCUT2D eigenvalue weighted by Gasteiger charge is 2.16. The molecule has 0 saturated heterocycles. The zero-order valence-electron chi connectivity index (χ0n) is 17.7. The average molecular weight is 449 g/mol. The van der Waals surface area contributed by atoms with Crippen molar-refractivity contribution >= 4 is 21.4 Å². The second kappa shape index (κ2) is 10.6. The molecular weight excluding hydrogens is 424 g/mol. The number of benzene rings is 3. The molecule has 32 heavy (non-hydrogen) atoms. The monoisotopic (exact) mass is 448 g/mol. The highest BCUT2D eigenvalue weighted by Crippen LogP contribution is 2.17. The second-order valence-corrected chi connectivity index (χ2v) is 9.51. The number of carbonyl (C=O) groups is 1. The van der Waals surface area contributed by atoms with Gasteiger partial charge in [0, 0.05) is 12.1 Å². The summed E-state index contributed by atoms with van der Waals surface area (Å²) in [4.78, 5) is 12.5. The van der Waals surface area contributed by atoms with Gasteiger partial charge < -0.3 is 10.1 Å². The predicted octanol–water partition coefficient (Wildman–Crippen LogP) is 4.44. The van der Waals surface area contributed by atoms with Crippen LogP contribution in [0.4, 0.5) is 5.69 Å². The molecule has 3 rings (SSSR count). The largest absolute Gasteiger partial charge is 0.489 e. The van der Waals surface area contributed by atoms with Crippen molar-refractivity contribution in [2.24, 2.45) is 0 Å². The third-order valence-corrected chi connectivity index (χ3v) is 6.53. The van der Waals surface area contributed by atoms with Crippen LogP contribution >= 0.6 is 0 Å². The summed E-state index contributed by atoms with van der Waals surface area (Å²) in [5, 5.41) is 11.5. The van der Waals surface area contributed by atoms with Gasteiger partial charge in [-0.2, -0.15) is 5.26 Å². The number of nitrogens with zero attached hydrogens (tertiary/aromatic N) is 1. The minimum absolute atomic E-state index is 0.133. The quantitative estimate of drug-likeness (QED) is 0.522. The van der Waals surface area contributed by atoms with E-state index in [2.05, 4.69) is 11.4 Å². The van der Waals surface area contributed by atoms with E-state index in [1.807, 2.05) is 37.3 Å². The molecule has 3 aromatic rings. The fourth-order valence-corrected chi connectivity index (χ4v) is 4.25. The second-order valence-electron chi connectivity index (χ2n) is 7.40. The van der Waals surface area contributed by atoms with Crippen LogP contribution in [-0.2, 0) is 27.7 Å². The van der Waals surface area contributed by atoms with Gasteiger partial charge in [0.05, 0.1) is 23.1 Å². The Morgan fingerprint density at radius 3 is 2.41 bits per heavy atom. The fourth-order valence-electron chi connectivity index (χ4n) is 3.01. The van der Waals surface area contributed by atoms with Crippen molar-refractivity contribution < 1.29 is 17.9 Å². The third-order valence-electron chi connectivity index (χ3n) is 4.80. The van der Waals surface area contributed by atoms with Gasteiger partial charge in [0.2, 0.25) is 5.91 Å². The zero-order valence-corrected chi connectivity index (χ0v) is 18.6. The SMILES string of the molecule is Cc1ccc(S(=O)(=O)CCC(=O)Nc2cccc(COc3ccc(CC#N)cc3)c2)cc1. The molecule has 3 aromatic carbocycles. The van der Waals surface area contributed by atoms with Crippen molar-refractivity contribution in [3.63, 3.8) is 0 Å². The van der Waals surface area contributed by atoms with E-state index < -0.39 is 9.84 Å². The van der Waals surface area contributed by atoms with E-state index >= 15 is 0 Å². The molecule has 0 spiro atoms. The zero-order chi connectivity index (χ0) is 23.0. The molecule has 0 aromatic heterocycles. The number of rotatable bonds is 9. The first-order valence-electron chi connectivity index (χ1n) is 10.1. The predicted molar refractivity (Wildman–Crippen MR) is 123 cm³/mol. The summed E-state index contributed by atoms with van der Waals surface area (Å²) < 4.78 is 30.6. The average Bonchev–Trinajstić information content (AvgIpc) is 2.78. The van der Waals surface area contributed by atoms with Crippen LogP contribution < -0.4 is 10.1 Å². The van der Waals surface area contributed by atoms with E-state index in [9.17, 15) is 13.2 Å². The van der Waals surface area contributed by atoms with E-state index in [1.165, 1.54) is 0 Å². The summed E-state index contributed by atoms with van der Waals surface area (Å²) in [7, 11) is -3.52. The molecule has 0 atom stereocenters. The molecule has 0 radical (unpaired) electrons. The Balaban J connectivity index is 1.53. The van der Waals surface area contributed by atoms with Crippen LogP contribution in [0.15, 0.2) is 77.7 Å². The summed E-state index contributed by atoms with van der Waals surface area (Å²) in [6.45, 7) is 2.19. The minimum atomic E-state index is -3.52. The highest BCUT2D eigenvalue weighted by molar-refractivity contribution is 7.91. The van der Waals surface area contributed by atoms with Gasteiger partial charge in [-0.3, -0.25) is 4.79 Å². The summed E-state index contributed by atoms with van der Waals surface area (Å²) >= 11 is 0. The molecule has 0 saturated carbocycles. The maximum Gasteiger partial charge on any atom is 0.225 e.